The van der Waals surface area contributed by atoms with Crippen LogP contribution in [0.1, 0.15) is 15.6 Å². The zero-order valence-electron chi connectivity index (χ0n) is 10.2. The highest BCUT2D eigenvalue weighted by atomic mass is 32.1. The molecule has 0 aliphatic rings. The summed E-state index contributed by atoms with van der Waals surface area (Å²) in [6.07, 6.45) is 5.67. The number of rotatable bonds is 4. The van der Waals surface area contributed by atoms with Crippen LogP contribution in [-0.4, -0.2) is 10.2 Å². The number of hydrogen-bond acceptors (Lipinski definition) is 3. The smallest absolute Gasteiger partial charge is 0.289 e. The van der Waals surface area contributed by atoms with E-state index in [4.69, 9.17) is 0 Å². The van der Waals surface area contributed by atoms with Crippen molar-refractivity contribution >= 4 is 23.5 Å². The van der Waals surface area contributed by atoms with Gasteiger partial charge in [0.2, 0.25) is 0 Å². The number of benzene rings is 1. The molecular weight excluding hydrogens is 244 g/mol. The maximum absolute atomic E-state index is 9.68. The molecule has 1 N–H and O–H groups in total. The predicted octanol–water partition coefficient (Wildman–Crippen LogP) is 2.80. The molecule has 92 valence electrons. The van der Waals surface area contributed by atoms with E-state index in [0.717, 1.165) is 15.6 Å². The van der Waals surface area contributed by atoms with Gasteiger partial charge in [-0.1, -0.05) is 29.5 Å². The first-order chi connectivity index (χ1) is 8.70. The van der Waals surface area contributed by atoms with Gasteiger partial charge in [-0.25, -0.2) is 0 Å². The summed E-state index contributed by atoms with van der Waals surface area (Å²) in [5.74, 6) is 0.283. The second kappa shape index (κ2) is 5.60. The van der Waals surface area contributed by atoms with Crippen LogP contribution in [0.15, 0.2) is 36.9 Å². The molecule has 0 aliphatic heterocycles. The third kappa shape index (κ3) is 2.84. The van der Waals surface area contributed by atoms with Gasteiger partial charge in [0.15, 0.2) is 11.6 Å². The van der Waals surface area contributed by atoms with Crippen molar-refractivity contribution in [3.8, 4) is 5.75 Å². The van der Waals surface area contributed by atoms with Gasteiger partial charge < -0.3 is 5.11 Å². The normalized spacial score (nSPS) is 10.9. The van der Waals surface area contributed by atoms with Crippen molar-refractivity contribution in [2.75, 3.05) is 0 Å². The zero-order valence-corrected chi connectivity index (χ0v) is 11.0. The van der Waals surface area contributed by atoms with Crippen LogP contribution in [0.3, 0.4) is 0 Å². The lowest BCUT2D eigenvalue weighted by Crippen LogP contribution is -2.37. The molecule has 2 rings (SSSR count). The van der Waals surface area contributed by atoms with Gasteiger partial charge >= 0.3 is 0 Å². The van der Waals surface area contributed by atoms with Gasteiger partial charge in [0.25, 0.3) is 5.01 Å². The molecule has 0 radical (unpaired) electrons. The summed E-state index contributed by atoms with van der Waals surface area (Å²) in [6, 6.07) is 7.25. The van der Waals surface area contributed by atoms with Gasteiger partial charge in [-0.3, -0.25) is 0 Å². The van der Waals surface area contributed by atoms with Crippen LogP contribution < -0.4 is 4.68 Å². The summed E-state index contributed by atoms with van der Waals surface area (Å²) in [7, 11) is 0. The SMILES string of the molecule is C=CC[n+]1nc(C)sc1C=Cc1ccccc1O. The van der Waals surface area contributed by atoms with E-state index < -0.39 is 0 Å². The highest BCUT2D eigenvalue weighted by Gasteiger charge is 2.13. The minimum atomic E-state index is 0.283. The summed E-state index contributed by atoms with van der Waals surface area (Å²) < 4.78 is 1.89. The molecule has 2 aromatic rings. The van der Waals surface area contributed by atoms with E-state index in [-0.39, 0.29) is 5.75 Å². The van der Waals surface area contributed by atoms with Crippen LogP contribution in [0.2, 0.25) is 0 Å². The number of hydrogen-bond donors (Lipinski definition) is 1. The van der Waals surface area contributed by atoms with E-state index in [9.17, 15) is 5.11 Å². The van der Waals surface area contributed by atoms with Gasteiger partial charge in [0.05, 0.1) is 0 Å². The number of nitrogens with zero attached hydrogens (tertiary/aromatic N) is 2. The number of phenolic OH excluding ortho intramolecular Hbond substituents is 1. The average molecular weight is 259 g/mol. The fraction of sp³-hybridized carbons (Fsp3) is 0.143. The first-order valence-electron chi connectivity index (χ1n) is 5.65. The Morgan fingerprint density at radius 2 is 2.17 bits per heavy atom. The molecule has 0 fully saturated rings. The highest BCUT2D eigenvalue weighted by molar-refractivity contribution is 7.11. The minimum Gasteiger partial charge on any atom is -0.507 e. The van der Waals surface area contributed by atoms with Crippen molar-refractivity contribution in [3.05, 3.63) is 52.5 Å². The summed E-state index contributed by atoms with van der Waals surface area (Å²) in [6.45, 7) is 6.38. The van der Waals surface area contributed by atoms with Crippen molar-refractivity contribution in [1.82, 2.24) is 5.10 Å². The van der Waals surface area contributed by atoms with E-state index in [2.05, 4.69) is 11.7 Å². The lowest BCUT2D eigenvalue weighted by molar-refractivity contribution is -0.741. The molecule has 0 bridgehead atoms. The van der Waals surface area contributed by atoms with E-state index in [0.29, 0.717) is 6.54 Å². The molecular formula is C14H15N2OS+. The fourth-order valence-electron chi connectivity index (χ4n) is 1.61. The Morgan fingerprint density at radius 3 is 2.89 bits per heavy atom. The van der Waals surface area contributed by atoms with Gasteiger partial charge in [-0.05, 0) is 36.5 Å². The van der Waals surface area contributed by atoms with E-state index >= 15 is 0 Å². The minimum absolute atomic E-state index is 0.283. The average Bonchev–Trinajstić information content (AvgIpc) is 2.69. The number of para-hydroxylation sites is 1. The molecule has 1 heterocycles. The second-order valence-corrected chi connectivity index (χ2v) is 5.04. The molecule has 3 nitrogen and oxygen atoms in total. The van der Waals surface area contributed by atoms with Gasteiger partial charge in [-0.15, -0.1) is 0 Å². The molecule has 18 heavy (non-hydrogen) atoms. The summed E-state index contributed by atoms with van der Waals surface area (Å²) in [5.41, 5.74) is 0.800. The summed E-state index contributed by atoms with van der Waals surface area (Å²) in [5, 5.41) is 16.1. The fourth-order valence-corrected chi connectivity index (χ4v) is 2.41. The van der Waals surface area contributed by atoms with E-state index in [1.54, 1.807) is 23.5 Å². The first-order valence-corrected chi connectivity index (χ1v) is 6.47. The molecule has 4 heteroatoms. The molecule has 0 saturated heterocycles. The Hall–Kier alpha value is -1.94. The Labute approximate surface area is 110 Å². The first kappa shape index (κ1) is 12.5. The molecule has 0 amide bonds. The van der Waals surface area contributed by atoms with Gasteiger partial charge in [-0.2, -0.15) is 0 Å². The molecule has 0 saturated carbocycles. The summed E-state index contributed by atoms with van der Waals surface area (Å²) >= 11 is 1.62. The lowest BCUT2D eigenvalue weighted by Gasteiger charge is -1.95. The third-order valence-electron chi connectivity index (χ3n) is 2.41. The molecule has 0 aliphatic carbocycles. The number of aromatic nitrogens is 2. The highest BCUT2D eigenvalue weighted by Crippen LogP contribution is 2.19. The van der Waals surface area contributed by atoms with Crippen LogP contribution in [0, 0.1) is 6.92 Å². The van der Waals surface area contributed by atoms with Crippen LogP contribution >= 0.6 is 11.3 Å². The maximum Gasteiger partial charge on any atom is 0.289 e. The maximum atomic E-state index is 9.68. The zero-order chi connectivity index (χ0) is 13.0. The van der Waals surface area contributed by atoms with Crippen LogP contribution in [0.5, 0.6) is 5.75 Å². The van der Waals surface area contributed by atoms with Gasteiger partial charge in [0, 0.05) is 16.7 Å². The number of phenols is 1. The van der Waals surface area contributed by atoms with E-state index in [1.165, 1.54) is 0 Å². The molecule has 0 spiro atoms. The van der Waals surface area contributed by atoms with Crippen LogP contribution in [0.25, 0.3) is 12.2 Å². The van der Waals surface area contributed by atoms with Crippen molar-refractivity contribution in [3.63, 3.8) is 0 Å². The Balaban J connectivity index is 2.28. The second-order valence-electron chi connectivity index (χ2n) is 3.82. The molecule has 1 aromatic heterocycles. The van der Waals surface area contributed by atoms with Crippen molar-refractivity contribution < 1.29 is 9.79 Å². The molecule has 0 unspecified atom stereocenters. The Bertz CT molecular complexity index is 587. The van der Waals surface area contributed by atoms with Gasteiger partial charge in [0.1, 0.15) is 5.75 Å². The van der Waals surface area contributed by atoms with Crippen molar-refractivity contribution in [2.45, 2.75) is 13.5 Å². The Morgan fingerprint density at radius 1 is 1.39 bits per heavy atom. The summed E-state index contributed by atoms with van der Waals surface area (Å²) in [4.78, 5) is 0. The number of aryl methyl sites for hydroxylation is 1. The molecule has 0 atom stereocenters. The predicted molar refractivity (Wildman–Crippen MR) is 74.3 cm³/mol. The Kier molecular flexibility index (Phi) is 3.89. The number of allylic oxidation sites excluding steroid dienone is 1. The third-order valence-corrected chi connectivity index (χ3v) is 3.35. The van der Waals surface area contributed by atoms with Crippen molar-refractivity contribution in [1.29, 1.82) is 0 Å². The quantitative estimate of drug-likeness (QED) is 0.677. The van der Waals surface area contributed by atoms with E-state index in [1.807, 2.05) is 42.0 Å². The monoisotopic (exact) mass is 259 g/mol. The number of aromatic hydroxyl groups is 1. The van der Waals surface area contributed by atoms with Crippen LogP contribution in [0.4, 0.5) is 0 Å². The topological polar surface area (TPSA) is 37.0 Å². The largest absolute Gasteiger partial charge is 0.507 e. The van der Waals surface area contributed by atoms with Crippen molar-refractivity contribution in [2.24, 2.45) is 0 Å². The molecule has 1 aromatic carbocycles. The standard InChI is InChI=1S/C14H14N2OS/c1-3-10-16-14(18-11(2)15-16)9-8-12-6-4-5-7-13(12)17/h3-9H,1,10H2,2H3/p+1. The lowest BCUT2D eigenvalue weighted by atomic mass is 10.2. The van der Waals surface area contributed by atoms with Crippen LogP contribution in [-0.2, 0) is 6.54 Å².